The van der Waals surface area contributed by atoms with Crippen molar-refractivity contribution < 1.29 is 14.3 Å². The summed E-state index contributed by atoms with van der Waals surface area (Å²) in [5.41, 5.74) is 4.45. The van der Waals surface area contributed by atoms with Crippen LogP contribution in [0.25, 0.3) is 0 Å². The van der Waals surface area contributed by atoms with E-state index in [0.29, 0.717) is 18.7 Å². The van der Waals surface area contributed by atoms with Gasteiger partial charge >= 0.3 is 0 Å². The fourth-order valence-corrected chi connectivity index (χ4v) is 6.47. The predicted octanol–water partition coefficient (Wildman–Crippen LogP) is 5.22. The maximum absolute atomic E-state index is 13.4. The molecule has 1 atom stereocenters. The van der Waals surface area contributed by atoms with Gasteiger partial charge in [0.25, 0.3) is 5.91 Å². The van der Waals surface area contributed by atoms with E-state index < -0.39 is 14.1 Å². The Balaban J connectivity index is 1.58. The van der Waals surface area contributed by atoms with Gasteiger partial charge in [-0.1, -0.05) is 67.0 Å². The molecular formula is C27H37BrN2O3Si. The van der Waals surface area contributed by atoms with Gasteiger partial charge in [-0.25, -0.2) is 0 Å². The van der Waals surface area contributed by atoms with Crippen LogP contribution in [0.5, 0.6) is 0 Å². The van der Waals surface area contributed by atoms with E-state index in [1.54, 1.807) is 4.90 Å². The van der Waals surface area contributed by atoms with Crippen LogP contribution in [-0.2, 0) is 23.8 Å². The molecule has 0 saturated heterocycles. The summed E-state index contributed by atoms with van der Waals surface area (Å²) in [6.45, 7) is 13.6. The van der Waals surface area contributed by atoms with E-state index in [1.807, 2.05) is 18.2 Å². The van der Waals surface area contributed by atoms with E-state index >= 15 is 0 Å². The van der Waals surface area contributed by atoms with Gasteiger partial charge in [-0.15, -0.1) is 0 Å². The first-order valence-electron chi connectivity index (χ1n) is 12.2. The topological polar surface area (TPSA) is 53.0 Å². The molecule has 0 saturated carbocycles. The Bertz CT molecular complexity index is 1070. The van der Waals surface area contributed by atoms with E-state index in [2.05, 4.69) is 79.0 Å². The van der Waals surface area contributed by atoms with Gasteiger partial charge < -0.3 is 14.4 Å². The smallest absolute Gasteiger partial charge is 0.254 e. The highest BCUT2D eigenvalue weighted by Crippen LogP contribution is 2.39. The number of amides is 1. The first-order valence-corrected chi connectivity index (χ1v) is 15.9. The summed E-state index contributed by atoms with van der Waals surface area (Å²) < 4.78 is 7.58. The zero-order chi connectivity index (χ0) is 24.7. The highest BCUT2D eigenvalue weighted by molar-refractivity contribution is 9.10. The number of carbonyl (C=O) groups excluding carboxylic acids is 1. The molecular weight excluding hydrogens is 508 g/mol. The SMILES string of the molecule is CC(C)(C)[Si](C)(C)OC(O)(CN1CCc2ccccc2C1)CN1CCc2ccc(Br)cc2C1=O. The van der Waals surface area contributed by atoms with E-state index in [1.165, 1.54) is 11.1 Å². The van der Waals surface area contributed by atoms with Crippen molar-refractivity contribution in [1.82, 2.24) is 9.80 Å². The van der Waals surface area contributed by atoms with Gasteiger partial charge in [0.2, 0.25) is 0 Å². The summed E-state index contributed by atoms with van der Waals surface area (Å²) in [7, 11) is -2.31. The second-order valence-electron chi connectivity index (χ2n) is 11.3. The minimum Gasteiger partial charge on any atom is -0.388 e. The largest absolute Gasteiger partial charge is 0.388 e. The summed E-state index contributed by atoms with van der Waals surface area (Å²) in [5.74, 6) is -1.47. The van der Waals surface area contributed by atoms with Crippen molar-refractivity contribution in [3.05, 3.63) is 69.2 Å². The lowest BCUT2D eigenvalue weighted by Gasteiger charge is -2.47. The highest BCUT2D eigenvalue weighted by atomic mass is 79.9. The molecule has 2 aromatic rings. The molecule has 4 rings (SSSR count). The number of aliphatic hydroxyl groups is 1. The first-order chi connectivity index (χ1) is 15.9. The standard InChI is InChI=1S/C27H37BrN2O3Si/c1-26(2,3)34(4,5)33-27(32,18-29-14-12-20-8-6-7-9-22(20)17-29)19-30-15-13-21-10-11-23(28)16-24(21)25(30)31/h6-11,16,32H,12-15,17-19H2,1-5H3. The summed E-state index contributed by atoms with van der Waals surface area (Å²) in [5, 5.41) is 12.0. The van der Waals surface area contributed by atoms with Gasteiger partial charge in [-0.3, -0.25) is 9.69 Å². The fraction of sp³-hybridized carbons (Fsp3) is 0.519. The Kier molecular flexibility index (Phi) is 7.15. The van der Waals surface area contributed by atoms with Crippen LogP contribution in [0.4, 0.5) is 0 Å². The van der Waals surface area contributed by atoms with E-state index in [9.17, 15) is 9.90 Å². The zero-order valence-electron chi connectivity index (χ0n) is 21.0. The van der Waals surface area contributed by atoms with Gasteiger partial charge in [-0.2, -0.15) is 0 Å². The third-order valence-corrected chi connectivity index (χ3v) is 12.6. The third-order valence-electron chi connectivity index (χ3n) is 7.61. The molecule has 7 heteroatoms. The van der Waals surface area contributed by atoms with Crippen molar-refractivity contribution in [3.8, 4) is 0 Å². The number of hydrogen-bond acceptors (Lipinski definition) is 4. The Morgan fingerprint density at radius 1 is 1.00 bits per heavy atom. The molecule has 5 nitrogen and oxygen atoms in total. The molecule has 1 N–H and O–H groups in total. The van der Waals surface area contributed by atoms with Crippen LogP contribution < -0.4 is 0 Å². The molecule has 0 bridgehead atoms. The number of carbonyl (C=O) groups is 1. The summed E-state index contributed by atoms with van der Waals surface area (Å²) in [6, 6.07) is 14.4. The number of hydrogen-bond donors (Lipinski definition) is 1. The van der Waals surface area contributed by atoms with Gasteiger partial charge in [0.05, 0.1) is 13.1 Å². The minimum absolute atomic E-state index is 0.0382. The second kappa shape index (κ2) is 9.51. The van der Waals surface area contributed by atoms with Crippen LogP contribution in [-0.4, -0.2) is 61.1 Å². The average Bonchev–Trinajstić information content (AvgIpc) is 2.75. The number of halogens is 1. The molecule has 0 aliphatic carbocycles. The Morgan fingerprint density at radius 3 is 2.38 bits per heavy atom. The lowest BCUT2D eigenvalue weighted by atomic mass is 9.98. The molecule has 34 heavy (non-hydrogen) atoms. The number of fused-ring (bicyclic) bond motifs is 2. The van der Waals surface area contributed by atoms with Gasteiger partial charge in [0.1, 0.15) is 0 Å². The normalized spacial score (nSPS) is 18.9. The molecule has 2 heterocycles. The lowest BCUT2D eigenvalue weighted by Crippen LogP contribution is -2.60. The van der Waals surface area contributed by atoms with Crippen molar-refractivity contribution >= 4 is 30.2 Å². The van der Waals surface area contributed by atoms with Crippen molar-refractivity contribution in [2.45, 2.75) is 64.1 Å². The predicted molar refractivity (Wildman–Crippen MR) is 142 cm³/mol. The van der Waals surface area contributed by atoms with Crippen LogP contribution in [0.2, 0.25) is 18.1 Å². The second-order valence-corrected chi connectivity index (χ2v) is 17.0. The van der Waals surface area contributed by atoms with Crippen LogP contribution >= 0.6 is 15.9 Å². The maximum atomic E-state index is 13.4. The maximum Gasteiger partial charge on any atom is 0.254 e. The monoisotopic (exact) mass is 544 g/mol. The van der Waals surface area contributed by atoms with Crippen LogP contribution in [0.1, 0.15) is 47.8 Å². The Labute approximate surface area is 213 Å². The van der Waals surface area contributed by atoms with Crippen LogP contribution in [0.3, 0.4) is 0 Å². The first kappa shape index (κ1) is 25.6. The molecule has 0 fully saturated rings. The quantitative estimate of drug-likeness (QED) is 0.400. The molecule has 2 aromatic carbocycles. The van der Waals surface area contributed by atoms with Crippen molar-refractivity contribution in [2.24, 2.45) is 0 Å². The number of β-amino-alcohol motifs (C(OH)–C–C–N with tert-alkyl or cyclic N) is 1. The number of rotatable bonds is 6. The molecule has 2 aliphatic heterocycles. The van der Waals surface area contributed by atoms with Crippen molar-refractivity contribution in [1.29, 1.82) is 0 Å². The van der Waals surface area contributed by atoms with Crippen molar-refractivity contribution in [2.75, 3.05) is 26.2 Å². The minimum atomic E-state index is -2.31. The summed E-state index contributed by atoms with van der Waals surface area (Å²) in [6.07, 6.45) is 1.73. The summed E-state index contributed by atoms with van der Waals surface area (Å²) >= 11 is 3.49. The molecule has 1 unspecified atom stereocenters. The average molecular weight is 546 g/mol. The highest BCUT2D eigenvalue weighted by Gasteiger charge is 2.46. The number of nitrogens with zero attached hydrogens (tertiary/aromatic N) is 2. The molecule has 0 radical (unpaired) electrons. The molecule has 1 amide bonds. The van der Waals surface area contributed by atoms with E-state index in [0.717, 1.165) is 36.0 Å². The van der Waals surface area contributed by atoms with E-state index in [4.69, 9.17) is 4.43 Å². The van der Waals surface area contributed by atoms with Gasteiger partial charge in [0.15, 0.2) is 14.1 Å². The molecule has 0 spiro atoms. The van der Waals surface area contributed by atoms with Crippen molar-refractivity contribution in [3.63, 3.8) is 0 Å². The number of benzene rings is 2. The molecule has 2 aliphatic rings. The Morgan fingerprint density at radius 2 is 1.68 bits per heavy atom. The Hall–Kier alpha value is -1.51. The van der Waals surface area contributed by atoms with E-state index in [-0.39, 0.29) is 17.5 Å². The fourth-order valence-electron chi connectivity index (χ4n) is 4.72. The molecule has 0 aromatic heterocycles. The van der Waals surface area contributed by atoms with Crippen LogP contribution in [0.15, 0.2) is 46.9 Å². The summed E-state index contributed by atoms with van der Waals surface area (Å²) in [4.78, 5) is 17.5. The zero-order valence-corrected chi connectivity index (χ0v) is 23.6. The third kappa shape index (κ3) is 5.49. The van der Waals surface area contributed by atoms with Crippen LogP contribution in [0, 0.1) is 0 Å². The van der Waals surface area contributed by atoms with Gasteiger partial charge in [0, 0.05) is 29.7 Å². The molecule has 184 valence electrons. The van der Waals surface area contributed by atoms with Gasteiger partial charge in [-0.05, 0) is 59.8 Å². The lowest BCUT2D eigenvalue weighted by molar-refractivity contribution is -0.171.